The zero-order chi connectivity index (χ0) is 25.8. The first kappa shape index (κ1) is 25.6. The highest BCUT2D eigenvalue weighted by molar-refractivity contribution is 5.62. The van der Waals surface area contributed by atoms with E-state index in [1.54, 1.807) is 14.1 Å². The first-order valence-electron chi connectivity index (χ1n) is 11.6. The van der Waals surface area contributed by atoms with Crippen LogP contribution >= 0.6 is 0 Å². The summed E-state index contributed by atoms with van der Waals surface area (Å²) in [6.07, 6.45) is -11.2. The van der Waals surface area contributed by atoms with E-state index in [0.29, 0.717) is 48.9 Å². The molecule has 2 aromatic rings. The lowest BCUT2D eigenvalue weighted by Gasteiger charge is -2.42. The maximum absolute atomic E-state index is 14.8. The summed E-state index contributed by atoms with van der Waals surface area (Å²) in [5.41, 5.74) is -3.53. The molecule has 0 saturated carbocycles. The minimum Gasteiger partial charge on any atom is -0.359 e. The number of nitrogens with zero attached hydrogens (tertiary/aromatic N) is 4. The average molecular weight is 501 g/mol. The molecule has 0 aromatic heterocycles. The average Bonchev–Trinajstić information content (AvgIpc) is 2.75. The van der Waals surface area contributed by atoms with Crippen molar-refractivity contribution in [1.29, 1.82) is 0 Å². The predicted molar refractivity (Wildman–Crippen MR) is 124 cm³/mol. The second-order valence-electron chi connectivity index (χ2n) is 9.46. The molecule has 35 heavy (non-hydrogen) atoms. The van der Waals surface area contributed by atoms with Crippen molar-refractivity contribution in [2.75, 3.05) is 50.3 Å². The van der Waals surface area contributed by atoms with Gasteiger partial charge in [0.15, 0.2) is 0 Å². The van der Waals surface area contributed by atoms with Crippen LogP contribution in [0.4, 0.5) is 37.7 Å². The molecular formula is C25H30F6N4. The Hall–Kier alpha value is -2.46. The van der Waals surface area contributed by atoms with Crippen LogP contribution in [-0.4, -0.2) is 62.7 Å². The molecule has 2 heterocycles. The van der Waals surface area contributed by atoms with E-state index in [2.05, 4.69) is 0 Å². The van der Waals surface area contributed by atoms with Crippen LogP contribution in [0.3, 0.4) is 0 Å². The number of anilines is 2. The van der Waals surface area contributed by atoms with Crippen LogP contribution in [0.15, 0.2) is 36.4 Å². The van der Waals surface area contributed by atoms with Crippen LogP contribution in [0.2, 0.25) is 0 Å². The molecule has 0 atom stereocenters. The van der Waals surface area contributed by atoms with Gasteiger partial charge in [-0.1, -0.05) is 24.3 Å². The molecule has 2 aromatic carbocycles. The molecule has 0 radical (unpaired) electrons. The summed E-state index contributed by atoms with van der Waals surface area (Å²) in [4.78, 5) is 7.60. The van der Waals surface area contributed by atoms with Crippen molar-refractivity contribution in [3.8, 4) is 0 Å². The Morgan fingerprint density at radius 2 is 1.03 bits per heavy atom. The molecule has 0 bridgehead atoms. The van der Waals surface area contributed by atoms with Gasteiger partial charge in [-0.3, -0.25) is 9.80 Å². The molecule has 192 valence electrons. The highest BCUT2D eigenvalue weighted by atomic mass is 19.4. The summed E-state index contributed by atoms with van der Waals surface area (Å²) in [6.45, 7) is 6.63. The fraction of sp³-hybridized carbons (Fsp3) is 0.520. The van der Waals surface area contributed by atoms with Crippen molar-refractivity contribution in [2.45, 2.75) is 44.7 Å². The molecule has 4 nitrogen and oxygen atoms in total. The number of rotatable bonds is 4. The Balaban J connectivity index is 1.97. The summed E-state index contributed by atoms with van der Waals surface area (Å²) >= 11 is 0. The summed E-state index contributed by atoms with van der Waals surface area (Å²) < 4.78 is 88.7. The fourth-order valence-corrected chi connectivity index (χ4v) is 5.45. The molecule has 0 N–H and O–H groups in total. The van der Waals surface area contributed by atoms with E-state index in [4.69, 9.17) is 0 Å². The topological polar surface area (TPSA) is 13.0 Å². The Morgan fingerprint density at radius 1 is 0.657 bits per heavy atom. The van der Waals surface area contributed by atoms with E-state index >= 15 is 0 Å². The third-order valence-electron chi connectivity index (χ3n) is 7.03. The molecule has 10 heteroatoms. The van der Waals surface area contributed by atoms with Gasteiger partial charge in [0.05, 0.1) is 13.3 Å². The van der Waals surface area contributed by atoms with Crippen molar-refractivity contribution in [3.63, 3.8) is 0 Å². The lowest BCUT2D eigenvalue weighted by molar-refractivity contribution is -0.288. The third kappa shape index (κ3) is 4.14. The van der Waals surface area contributed by atoms with E-state index in [1.165, 1.54) is 12.1 Å². The van der Waals surface area contributed by atoms with Gasteiger partial charge < -0.3 is 9.80 Å². The molecule has 0 fully saturated rings. The number of hydrogen-bond acceptors (Lipinski definition) is 4. The van der Waals surface area contributed by atoms with Crippen LogP contribution in [0.25, 0.3) is 0 Å². The van der Waals surface area contributed by atoms with Crippen molar-refractivity contribution in [1.82, 2.24) is 9.80 Å². The first-order chi connectivity index (χ1) is 16.3. The second kappa shape index (κ2) is 8.89. The summed E-state index contributed by atoms with van der Waals surface area (Å²) in [6, 6.07) is 6.99. The van der Waals surface area contributed by atoms with Crippen molar-refractivity contribution in [2.24, 2.45) is 0 Å². The Kier molecular flexibility index (Phi) is 6.51. The zero-order valence-corrected chi connectivity index (χ0v) is 20.3. The molecule has 0 spiro atoms. The first-order valence-corrected chi connectivity index (χ1v) is 11.6. The Bertz CT molecular complexity index is 995. The highest BCUT2D eigenvalue weighted by Crippen LogP contribution is 2.57. The normalized spacial score (nSPS) is 18.0. The number of benzene rings is 2. The SMILES string of the molecule is CCN1CN(C)Cc2cc(C(c3ccc4c(c3)CN(C)CN4CC)(C(F)(F)F)C(F)(F)F)ccc21. The molecule has 0 saturated heterocycles. The molecular weight excluding hydrogens is 470 g/mol. The van der Waals surface area contributed by atoms with E-state index in [-0.39, 0.29) is 13.1 Å². The van der Waals surface area contributed by atoms with Crippen LogP contribution in [-0.2, 0) is 18.5 Å². The molecule has 4 rings (SSSR count). The van der Waals surface area contributed by atoms with Gasteiger partial charge in [0.1, 0.15) is 0 Å². The minimum atomic E-state index is -5.61. The lowest BCUT2D eigenvalue weighted by Crippen LogP contribution is -2.55. The smallest absolute Gasteiger partial charge is 0.359 e. The van der Waals surface area contributed by atoms with Gasteiger partial charge in [-0.25, -0.2) is 0 Å². The van der Waals surface area contributed by atoms with Crippen molar-refractivity contribution >= 4 is 11.4 Å². The molecule has 0 unspecified atom stereocenters. The van der Waals surface area contributed by atoms with E-state index < -0.39 is 28.9 Å². The zero-order valence-electron chi connectivity index (χ0n) is 20.3. The van der Waals surface area contributed by atoms with Crippen LogP contribution in [0.1, 0.15) is 36.1 Å². The van der Waals surface area contributed by atoms with Crippen LogP contribution in [0, 0.1) is 0 Å². The molecule has 2 aliphatic rings. The van der Waals surface area contributed by atoms with Crippen molar-refractivity contribution < 1.29 is 26.3 Å². The molecule has 0 amide bonds. The third-order valence-corrected chi connectivity index (χ3v) is 7.03. The number of hydrogen-bond donors (Lipinski definition) is 0. The van der Waals surface area contributed by atoms with Crippen molar-refractivity contribution in [3.05, 3.63) is 58.7 Å². The monoisotopic (exact) mass is 500 g/mol. The summed E-state index contributed by atoms with van der Waals surface area (Å²) in [5, 5.41) is 0. The number of alkyl halides is 6. The van der Waals surface area contributed by atoms with Gasteiger partial charge in [0.2, 0.25) is 5.41 Å². The summed E-state index contributed by atoms with van der Waals surface area (Å²) in [7, 11) is 3.58. The highest BCUT2D eigenvalue weighted by Gasteiger charge is 2.72. The van der Waals surface area contributed by atoms with Gasteiger partial charge in [-0.2, -0.15) is 26.3 Å². The predicted octanol–water partition coefficient (Wildman–Crippen LogP) is 5.56. The maximum Gasteiger partial charge on any atom is 0.411 e. The Labute approximate surface area is 201 Å². The van der Waals surface area contributed by atoms with Gasteiger partial charge in [-0.15, -0.1) is 0 Å². The van der Waals surface area contributed by atoms with Crippen LogP contribution in [0.5, 0.6) is 0 Å². The van der Waals surface area contributed by atoms with E-state index in [1.807, 2.05) is 33.4 Å². The van der Waals surface area contributed by atoms with E-state index in [0.717, 1.165) is 24.3 Å². The summed E-state index contributed by atoms with van der Waals surface area (Å²) in [5.74, 6) is 0. The van der Waals surface area contributed by atoms with Gasteiger partial charge in [0.25, 0.3) is 0 Å². The quantitative estimate of drug-likeness (QED) is 0.510. The van der Waals surface area contributed by atoms with Crippen LogP contribution < -0.4 is 9.80 Å². The fourth-order valence-electron chi connectivity index (χ4n) is 5.45. The minimum absolute atomic E-state index is 0.270. The lowest BCUT2D eigenvalue weighted by atomic mass is 9.71. The standard InChI is InChI=1S/C25H30F6N4/c1-5-34-15-32(3)13-17-11-19(7-9-21(17)34)23(24(26,27)28,25(29,30)31)20-8-10-22-18(12-20)14-33(4)16-35(22)6-2/h7-12H,5-6,13-16H2,1-4H3. The van der Waals surface area contributed by atoms with Gasteiger partial charge in [-0.05, 0) is 62.3 Å². The maximum atomic E-state index is 14.8. The molecule has 0 aliphatic carbocycles. The molecule has 2 aliphatic heterocycles. The number of halogens is 6. The number of fused-ring (bicyclic) bond motifs is 2. The Morgan fingerprint density at radius 3 is 1.34 bits per heavy atom. The largest absolute Gasteiger partial charge is 0.411 e. The van der Waals surface area contributed by atoms with Gasteiger partial charge >= 0.3 is 12.4 Å². The second-order valence-corrected chi connectivity index (χ2v) is 9.46. The van der Waals surface area contributed by atoms with E-state index in [9.17, 15) is 26.3 Å². The van der Waals surface area contributed by atoms with Gasteiger partial charge in [0, 0.05) is 37.6 Å².